The number of amides is 1. The second-order valence-electron chi connectivity index (χ2n) is 4.31. The lowest BCUT2D eigenvalue weighted by Gasteiger charge is -2.13. The number of carbonyl (C=O) groups is 1. The Morgan fingerprint density at radius 1 is 1.33 bits per heavy atom. The van der Waals surface area contributed by atoms with Gasteiger partial charge in [0.1, 0.15) is 11.3 Å². The van der Waals surface area contributed by atoms with E-state index in [9.17, 15) is 18.0 Å². The van der Waals surface area contributed by atoms with Crippen molar-refractivity contribution in [3.05, 3.63) is 30.5 Å². The van der Waals surface area contributed by atoms with Gasteiger partial charge in [0.2, 0.25) is 0 Å². The highest BCUT2D eigenvalue weighted by Crippen LogP contribution is 2.31. The zero-order valence-corrected chi connectivity index (χ0v) is 11.2. The summed E-state index contributed by atoms with van der Waals surface area (Å²) in [6, 6.07) is 6.03. The number of fused-ring (bicyclic) bond motifs is 1. The van der Waals surface area contributed by atoms with Crippen molar-refractivity contribution in [3.63, 3.8) is 0 Å². The highest BCUT2D eigenvalue weighted by atomic mass is 19.4. The molecular formula is C14H13F3N2O2. The predicted octanol–water partition coefficient (Wildman–Crippen LogP) is 3.52. The van der Waals surface area contributed by atoms with Crippen LogP contribution in [0.1, 0.15) is 13.3 Å². The molecule has 1 N–H and O–H groups in total. The van der Waals surface area contributed by atoms with Gasteiger partial charge in [-0.2, -0.15) is 13.2 Å². The van der Waals surface area contributed by atoms with E-state index in [-0.39, 0.29) is 5.69 Å². The van der Waals surface area contributed by atoms with Crippen molar-refractivity contribution in [3.8, 4) is 5.75 Å². The largest absolute Gasteiger partial charge is 0.491 e. The maximum Gasteiger partial charge on any atom is 0.471 e. The lowest BCUT2D eigenvalue weighted by atomic mass is 10.1. The van der Waals surface area contributed by atoms with Crippen LogP contribution in [0.5, 0.6) is 5.75 Å². The summed E-state index contributed by atoms with van der Waals surface area (Å²) in [7, 11) is 0. The van der Waals surface area contributed by atoms with Crippen LogP contribution < -0.4 is 10.1 Å². The molecule has 0 radical (unpaired) electrons. The van der Waals surface area contributed by atoms with Crippen LogP contribution in [0, 0.1) is 0 Å². The highest BCUT2D eigenvalue weighted by molar-refractivity contribution is 6.04. The lowest BCUT2D eigenvalue weighted by Crippen LogP contribution is -2.30. The van der Waals surface area contributed by atoms with E-state index in [1.54, 1.807) is 12.1 Å². The molecular weight excluding hydrogens is 285 g/mol. The first kappa shape index (κ1) is 15.1. The van der Waals surface area contributed by atoms with Crippen molar-refractivity contribution in [1.29, 1.82) is 0 Å². The molecule has 0 saturated carbocycles. The molecule has 2 aromatic rings. The van der Waals surface area contributed by atoms with Crippen molar-refractivity contribution in [1.82, 2.24) is 4.98 Å². The molecule has 21 heavy (non-hydrogen) atoms. The molecule has 0 unspecified atom stereocenters. The predicted molar refractivity (Wildman–Crippen MR) is 72.2 cm³/mol. The molecule has 0 aliphatic carbocycles. The second-order valence-corrected chi connectivity index (χ2v) is 4.31. The highest BCUT2D eigenvalue weighted by Gasteiger charge is 2.38. The number of alkyl halides is 3. The Kier molecular flexibility index (Phi) is 4.30. The number of carbonyl (C=O) groups excluding carboxylic acids is 1. The number of rotatable bonds is 4. The summed E-state index contributed by atoms with van der Waals surface area (Å²) in [6.07, 6.45) is -2.64. The molecule has 2 rings (SSSR count). The summed E-state index contributed by atoms with van der Waals surface area (Å²) < 4.78 is 42.5. The van der Waals surface area contributed by atoms with Crippen LogP contribution in [0.25, 0.3) is 10.9 Å². The molecule has 112 valence electrons. The van der Waals surface area contributed by atoms with Gasteiger partial charge in [-0.05, 0) is 30.7 Å². The fraction of sp³-hybridized carbons (Fsp3) is 0.286. The maximum atomic E-state index is 12.3. The number of ether oxygens (including phenoxy) is 1. The molecule has 7 heteroatoms. The Morgan fingerprint density at radius 3 is 2.76 bits per heavy atom. The van der Waals surface area contributed by atoms with E-state index in [2.05, 4.69) is 4.98 Å². The molecule has 0 saturated heterocycles. The average molecular weight is 298 g/mol. The van der Waals surface area contributed by atoms with Gasteiger partial charge in [0.05, 0.1) is 12.3 Å². The number of nitrogens with one attached hydrogen (secondary N) is 1. The Morgan fingerprint density at radius 2 is 2.10 bits per heavy atom. The summed E-state index contributed by atoms with van der Waals surface area (Å²) in [6.45, 7) is 2.41. The number of pyridine rings is 1. The number of anilines is 1. The summed E-state index contributed by atoms with van der Waals surface area (Å²) in [5, 5.41) is 2.24. The molecule has 1 heterocycles. The minimum atomic E-state index is -4.94. The van der Waals surface area contributed by atoms with Crippen LogP contribution in [0.3, 0.4) is 0 Å². The van der Waals surface area contributed by atoms with Gasteiger partial charge >= 0.3 is 12.1 Å². The average Bonchev–Trinajstić information content (AvgIpc) is 2.45. The Hall–Kier alpha value is -2.31. The second kappa shape index (κ2) is 5.99. The molecule has 0 spiro atoms. The number of halogens is 3. The number of nitrogens with zero attached hydrogens (tertiary/aromatic N) is 1. The number of aromatic nitrogens is 1. The number of hydrogen-bond donors (Lipinski definition) is 1. The van der Waals surface area contributed by atoms with Crippen molar-refractivity contribution >= 4 is 22.5 Å². The third-order valence-electron chi connectivity index (χ3n) is 2.70. The normalized spacial score (nSPS) is 11.4. The van der Waals surface area contributed by atoms with Crippen molar-refractivity contribution in [2.45, 2.75) is 19.5 Å². The van der Waals surface area contributed by atoms with E-state index in [1.807, 2.05) is 12.2 Å². The van der Waals surface area contributed by atoms with E-state index < -0.39 is 12.1 Å². The van der Waals surface area contributed by atoms with Crippen LogP contribution in [0.2, 0.25) is 0 Å². The molecule has 1 amide bonds. The number of benzene rings is 1. The van der Waals surface area contributed by atoms with E-state index in [0.29, 0.717) is 23.3 Å². The molecule has 4 nitrogen and oxygen atoms in total. The molecule has 0 atom stereocenters. The van der Waals surface area contributed by atoms with Crippen molar-refractivity contribution < 1.29 is 22.7 Å². The first-order valence-corrected chi connectivity index (χ1v) is 6.32. The van der Waals surface area contributed by atoms with Gasteiger partial charge in [-0.15, -0.1) is 0 Å². The maximum absolute atomic E-state index is 12.3. The standard InChI is InChI=1S/C14H13F3N2O2/c1-2-8-21-11-6-5-10(19-13(20)14(15,16)17)9-4-3-7-18-12(9)11/h3-7H,2,8H2,1H3,(H,19,20). The van der Waals surface area contributed by atoms with Gasteiger partial charge in [0.15, 0.2) is 0 Å². The fourth-order valence-electron chi connectivity index (χ4n) is 1.78. The van der Waals surface area contributed by atoms with Crippen LogP contribution >= 0.6 is 0 Å². The topological polar surface area (TPSA) is 51.2 Å². The van der Waals surface area contributed by atoms with Crippen LogP contribution in [-0.2, 0) is 4.79 Å². The molecule has 0 bridgehead atoms. The van der Waals surface area contributed by atoms with Gasteiger partial charge in [0.25, 0.3) is 0 Å². The van der Waals surface area contributed by atoms with E-state index in [4.69, 9.17) is 4.74 Å². The van der Waals surface area contributed by atoms with E-state index in [1.165, 1.54) is 18.3 Å². The monoisotopic (exact) mass is 298 g/mol. The Balaban J connectivity index is 2.40. The lowest BCUT2D eigenvalue weighted by molar-refractivity contribution is -0.167. The van der Waals surface area contributed by atoms with Gasteiger partial charge in [0, 0.05) is 11.6 Å². The zero-order chi connectivity index (χ0) is 15.5. The third kappa shape index (κ3) is 3.42. The summed E-state index contributed by atoms with van der Waals surface area (Å²) in [5.41, 5.74) is 0.454. The van der Waals surface area contributed by atoms with Crippen LogP contribution in [0.4, 0.5) is 18.9 Å². The van der Waals surface area contributed by atoms with Crippen molar-refractivity contribution in [2.24, 2.45) is 0 Å². The van der Waals surface area contributed by atoms with Crippen molar-refractivity contribution in [2.75, 3.05) is 11.9 Å². The van der Waals surface area contributed by atoms with E-state index in [0.717, 1.165) is 6.42 Å². The van der Waals surface area contributed by atoms with Gasteiger partial charge in [-0.1, -0.05) is 6.92 Å². The Bertz CT molecular complexity index is 656. The first-order valence-electron chi connectivity index (χ1n) is 6.32. The minimum Gasteiger partial charge on any atom is -0.491 e. The van der Waals surface area contributed by atoms with E-state index >= 15 is 0 Å². The smallest absolute Gasteiger partial charge is 0.471 e. The number of hydrogen-bond acceptors (Lipinski definition) is 3. The van der Waals surface area contributed by atoms with Gasteiger partial charge in [-0.3, -0.25) is 9.78 Å². The first-order chi connectivity index (χ1) is 9.93. The SMILES string of the molecule is CCCOc1ccc(NC(=O)C(F)(F)F)c2cccnc12. The molecule has 0 aliphatic rings. The molecule has 0 aliphatic heterocycles. The zero-order valence-electron chi connectivity index (χ0n) is 11.2. The van der Waals surface area contributed by atoms with Gasteiger partial charge < -0.3 is 10.1 Å². The van der Waals surface area contributed by atoms with Crippen LogP contribution in [-0.4, -0.2) is 23.7 Å². The quantitative estimate of drug-likeness (QED) is 0.939. The van der Waals surface area contributed by atoms with Crippen LogP contribution in [0.15, 0.2) is 30.5 Å². The third-order valence-corrected chi connectivity index (χ3v) is 2.70. The molecule has 1 aromatic heterocycles. The summed E-state index contributed by atoms with van der Waals surface area (Å²) in [4.78, 5) is 15.2. The minimum absolute atomic E-state index is 0.0456. The summed E-state index contributed by atoms with van der Waals surface area (Å²) in [5.74, 6) is -1.55. The molecule has 0 fully saturated rings. The van der Waals surface area contributed by atoms with Gasteiger partial charge in [-0.25, -0.2) is 0 Å². The summed E-state index contributed by atoms with van der Waals surface area (Å²) >= 11 is 0. The Labute approximate surface area is 118 Å². The fourth-order valence-corrected chi connectivity index (χ4v) is 1.78. The molecule has 1 aromatic carbocycles.